The smallest absolute Gasteiger partial charge is 0.246 e. The van der Waals surface area contributed by atoms with E-state index in [9.17, 15) is 9.59 Å². The predicted octanol–water partition coefficient (Wildman–Crippen LogP) is 2.87. The van der Waals surface area contributed by atoms with Gasteiger partial charge in [-0.3, -0.25) is 9.59 Å². The first-order valence-electron chi connectivity index (χ1n) is 9.23. The maximum absolute atomic E-state index is 12.7. The van der Waals surface area contributed by atoms with Crippen LogP contribution in [-0.2, 0) is 16.0 Å². The lowest BCUT2D eigenvalue weighted by atomic mass is 9.90. The molecule has 1 N–H and O–H groups in total. The number of piperidine rings is 1. The van der Waals surface area contributed by atoms with Crippen molar-refractivity contribution in [3.63, 3.8) is 0 Å². The van der Waals surface area contributed by atoms with Crippen molar-refractivity contribution in [2.24, 2.45) is 5.92 Å². The lowest BCUT2D eigenvalue weighted by Gasteiger charge is -2.38. The number of hydrogen-bond donors (Lipinski definition) is 1. The average molecular weight is 361 g/mol. The van der Waals surface area contributed by atoms with Crippen LogP contribution >= 0.6 is 11.8 Å². The molecule has 0 radical (unpaired) electrons. The molecule has 0 aliphatic carbocycles. The third-order valence-electron chi connectivity index (χ3n) is 5.37. The molecule has 1 aromatic rings. The Morgan fingerprint density at radius 2 is 1.92 bits per heavy atom. The van der Waals surface area contributed by atoms with Crippen molar-refractivity contribution in [1.29, 1.82) is 0 Å². The molecule has 2 saturated heterocycles. The van der Waals surface area contributed by atoms with E-state index >= 15 is 0 Å². The normalized spacial score (nSPS) is 24.0. The van der Waals surface area contributed by atoms with E-state index < -0.39 is 4.75 Å². The molecule has 2 aliphatic heterocycles. The molecular formula is C20H28N2O2S. The van der Waals surface area contributed by atoms with E-state index in [4.69, 9.17) is 0 Å². The van der Waals surface area contributed by atoms with Crippen molar-refractivity contribution >= 4 is 23.6 Å². The molecule has 0 unspecified atom stereocenters. The van der Waals surface area contributed by atoms with Crippen molar-refractivity contribution in [2.75, 3.05) is 18.8 Å². The zero-order chi connectivity index (χ0) is 17.9. The Balaban J connectivity index is 1.44. The van der Waals surface area contributed by atoms with Crippen molar-refractivity contribution < 1.29 is 9.59 Å². The average Bonchev–Trinajstić information content (AvgIpc) is 2.63. The summed E-state index contributed by atoms with van der Waals surface area (Å²) in [7, 11) is 0. The Morgan fingerprint density at radius 1 is 1.24 bits per heavy atom. The highest BCUT2D eigenvalue weighted by Gasteiger charge is 2.39. The van der Waals surface area contributed by atoms with Crippen LogP contribution in [0.25, 0.3) is 0 Å². The summed E-state index contributed by atoms with van der Waals surface area (Å²) in [6, 6.07) is 10.2. The summed E-state index contributed by atoms with van der Waals surface area (Å²) in [5.41, 5.74) is 1.39. The van der Waals surface area contributed by atoms with E-state index in [1.54, 1.807) is 11.8 Å². The number of thioether (sulfide) groups is 1. The van der Waals surface area contributed by atoms with Crippen LogP contribution in [0, 0.1) is 5.92 Å². The molecule has 1 aromatic carbocycles. The third kappa shape index (κ3) is 4.57. The number of likely N-dealkylation sites (tertiary alicyclic amines) is 1. The third-order valence-corrected chi connectivity index (χ3v) is 6.78. The lowest BCUT2D eigenvalue weighted by Crippen LogP contribution is -2.58. The highest BCUT2D eigenvalue weighted by molar-refractivity contribution is 8.01. The van der Waals surface area contributed by atoms with Gasteiger partial charge in [-0.1, -0.05) is 30.3 Å². The van der Waals surface area contributed by atoms with Gasteiger partial charge in [0, 0.05) is 18.8 Å². The second-order valence-corrected chi connectivity index (χ2v) is 9.28. The summed E-state index contributed by atoms with van der Waals surface area (Å²) < 4.78 is -0.429. The molecule has 2 heterocycles. The summed E-state index contributed by atoms with van der Waals surface area (Å²) in [5, 5.41) is 2.91. The number of benzene rings is 1. The van der Waals surface area contributed by atoms with Gasteiger partial charge in [0.1, 0.15) is 6.04 Å². The van der Waals surface area contributed by atoms with Crippen molar-refractivity contribution in [3.8, 4) is 0 Å². The minimum atomic E-state index is -0.429. The van der Waals surface area contributed by atoms with E-state index in [2.05, 4.69) is 35.6 Å². The quantitative estimate of drug-likeness (QED) is 0.898. The van der Waals surface area contributed by atoms with Crippen LogP contribution in [0.2, 0.25) is 0 Å². The number of amides is 2. The fourth-order valence-corrected chi connectivity index (χ4v) is 4.54. The fraction of sp³-hybridized carbons (Fsp3) is 0.600. The van der Waals surface area contributed by atoms with E-state index in [-0.39, 0.29) is 17.9 Å². The van der Waals surface area contributed by atoms with Gasteiger partial charge < -0.3 is 10.2 Å². The van der Waals surface area contributed by atoms with Crippen LogP contribution in [0.1, 0.15) is 38.7 Å². The highest BCUT2D eigenvalue weighted by Crippen LogP contribution is 2.30. The maximum Gasteiger partial charge on any atom is 0.246 e. The lowest BCUT2D eigenvalue weighted by molar-refractivity contribution is -0.137. The second kappa shape index (κ2) is 7.81. The number of nitrogens with one attached hydrogen (secondary N) is 1. The number of nitrogens with zero attached hydrogens (tertiary/aromatic N) is 1. The first-order valence-corrected chi connectivity index (χ1v) is 10.2. The Morgan fingerprint density at radius 3 is 2.56 bits per heavy atom. The molecular weight excluding hydrogens is 332 g/mol. The standard InChI is InChI=1S/C20H28N2O2S/c1-20(2)19(24)21-17(14-25-20)18(23)22-12-10-16(11-13-22)9-8-15-6-4-3-5-7-15/h3-7,16-17H,8-14H2,1-2H3,(H,21,24)/t17-/m1/s1. The Labute approximate surface area is 154 Å². The van der Waals surface area contributed by atoms with E-state index in [1.807, 2.05) is 18.7 Å². The van der Waals surface area contributed by atoms with E-state index in [1.165, 1.54) is 12.0 Å². The summed E-state index contributed by atoms with van der Waals surface area (Å²) in [5.74, 6) is 1.43. The Hall–Kier alpha value is -1.49. The Kier molecular flexibility index (Phi) is 5.72. The molecule has 5 heteroatoms. The van der Waals surface area contributed by atoms with Crippen LogP contribution in [0.5, 0.6) is 0 Å². The van der Waals surface area contributed by atoms with Gasteiger partial charge in [0.05, 0.1) is 4.75 Å². The number of aryl methyl sites for hydroxylation is 1. The number of carbonyl (C=O) groups excluding carboxylic acids is 2. The van der Waals surface area contributed by atoms with Crippen LogP contribution in [0.4, 0.5) is 0 Å². The fourth-order valence-electron chi connectivity index (χ4n) is 3.54. The predicted molar refractivity (Wildman–Crippen MR) is 103 cm³/mol. The summed E-state index contributed by atoms with van der Waals surface area (Å²) in [4.78, 5) is 26.7. The monoisotopic (exact) mass is 360 g/mol. The van der Waals surface area contributed by atoms with Crippen LogP contribution in [0.15, 0.2) is 30.3 Å². The molecule has 3 rings (SSSR count). The van der Waals surface area contributed by atoms with Gasteiger partial charge >= 0.3 is 0 Å². The molecule has 136 valence electrons. The van der Waals surface area contributed by atoms with Crippen LogP contribution in [-0.4, -0.2) is 46.3 Å². The van der Waals surface area contributed by atoms with E-state index in [0.717, 1.165) is 32.4 Å². The topological polar surface area (TPSA) is 49.4 Å². The maximum atomic E-state index is 12.7. The molecule has 2 amide bonds. The van der Waals surface area contributed by atoms with Gasteiger partial charge in [0.2, 0.25) is 11.8 Å². The number of rotatable bonds is 4. The zero-order valence-corrected chi connectivity index (χ0v) is 16.0. The molecule has 0 spiro atoms. The summed E-state index contributed by atoms with van der Waals surface area (Å²) >= 11 is 1.58. The van der Waals surface area contributed by atoms with Gasteiger partial charge in [-0.15, -0.1) is 11.8 Å². The summed E-state index contributed by atoms with van der Waals surface area (Å²) in [6.07, 6.45) is 4.44. The summed E-state index contributed by atoms with van der Waals surface area (Å²) in [6.45, 7) is 5.45. The second-order valence-electron chi connectivity index (χ2n) is 7.64. The highest BCUT2D eigenvalue weighted by atomic mass is 32.2. The van der Waals surface area contributed by atoms with Crippen molar-refractivity contribution in [1.82, 2.24) is 10.2 Å². The van der Waals surface area contributed by atoms with Crippen LogP contribution in [0.3, 0.4) is 0 Å². The molecule has 0 bridgehead atoms. The molecule has 2 fully saturated rings. The molecule has 25 heavy (non-hydrogen) atoms. The number of carbonyl (C=O) groups is 2. The van der Waals surface area contributed by atoms with Gasteiger partial charge in [-0.05, 0) is 51.0 Å². The Bertz CT molecular complexity index is 609. The number of hydrogen-bond acceptors (Lipinski definition) is 3. The molecule has 0 aromatic heterocycles. The van der Waals surface area contributed by atoms with Gasteiger partial charge in [0.15, 0.2) is 0 Å². The minimum absolute atomic E-state index is 0.0279. The van der Waals surface area contributed by atoms with E-state index in [0.29, 0.717) is 11.7 Å². The molecule has 1 atom stereocenters. The zero-order valence-electron chi connectivity index (χ0n) is 15.2. The largest absolute Gasteiger partial charge is 0.342 e. The molecule has 4 nitrogen and oxygen atoms in total. The van der Waals surface area contributed by atoms with Gasteiger partial charge in [0.25, 0.3) is 0 Å². The van der Waals surface area contributed by atoms with Gasteiger partial charge in [-0.25, -0.2) is 0 Å². The van der Waals surface area contributed by atoms with Crippen molar-refractivity contribution in [3.05, 3.63) is 35.9 Å². The van der Waals surface area contributed by atoms with Crippen molar-refractivity contribution in [2.45, 2.75) is 50.3 Å². The first-order chi connectivity index (χ1) is 12.0. The molecule has 0 saturated carbocycles. The SMILES string of the molecule is CC1(C)SC[C@H](C(=O)N2CCC(CCc3ccccc3)CC2)NC1=O. The minimum Gasteiger partial charge on any atom is -0.342 e. The first kappa shape index (κ1) is 18.3. The molecule has 2 aliphatic rings. The van der Waals surface area contributed by atoms with Crippen LogP contribution < -0.4 is 5.32 Å². The van der Waals surface area contributed by atoms with Gasteiger partial charge in [-0.2, -0.15) is 0 Å².